The molecule has 11 rings (SSSR count). The van der Waals surface area contributed by atoms with Crippen LogP contribution in [-0.4, -0.2) is 8.97 Å². The molecule has 2 nitrogen and oxygen atoms in total. The standard InChI is InChI=1S/C42H24N2S/c1-2-11-25(12-3-1)26-15-8-17-29-30-18-10-22-37(42(30)45-41(26)29)43-34-21-7-5-14-31(34)38-35(43)23-24-36-39(38)32-19-9-16-28-27-13-4-6-20-33(27)44(36)40(28)32/h1-24H. The number of aromatic nitrogens is 2. The smallest absolute Gasteiger partial charge is 0.0640 e. The molecule has 208 valence electrons. The molecular formula is C42H24N2S. The summed E-state index contributed by atoms with van der Waals surface area (Å²) < 4.78 is 7.65. The lowest BCUT2D eigenvalue weighted by molar-refractivity contribution is 1.20. The lowest BCUT2D eigenvalue weighted by Gasteiger charge is -2.09. The molecule has 4 heterocycles. The van der Waals surface area contributed by atoms with Crippen molar-refractivity contribution in [3.05, 3.63) is 146 Å². The maximum atomic E-state index is 2.51. The molecule has 3 heteroatoms. The van der Waals surface area contributed by atoms with Crippen molar-refractivity contribution in [2.45, 2.75) is 0 Å². The summed E-state index contributed by atoms with van der Waals surface area (Å²) in [6, 6.07) is 53.6. The van der Waals surface area contributed by atoms with E-state index in [-0.39, 0.29) is 0 Å². The van der Waals surface area contributed by atoms with Crippen molar-refractivity contribution in [3.8, 4) is 16.8 Å². The van der Waals surface area contributed by atoms with E-state index in [9.17, 15) is 0 Å². The maximum absolute atomic E-state index is 2.51. The molecular weight excluding hydrogens is 565 g/mol. The van der Waals surface area contributed by atoms with Gasteiger partial charge >= 0.3 is 0 Å². The fraction of sp³-hybridized carbons (Fsp3) is 0. The van der Waals surface area contributed by atoms with Gasteiger partial charge in [0.2, 0.25) is 0 Å². The Kier molecular flexibility index (Phi) is 4.49. The summed E-state index contributed by atoms with van der Waals surface area (Å²) in [5.41, 5.74) is 10.1. The van der Waals surface area contributed by atoms with Gasteiger partial charge in [0.1, 0.15) is 0 Å². The highest BCUT2D eigenvalue weighted by molar-refractivity contribution is 7.26. The van der Waals surface area contributed by atoms with Gasteiger partial charge in [-0.05, 0) is 41.5 Å². The molecule has 11 aromatic rings. The minimum atomic E-state index is 1.24. The van der Waals surface area contributed by atoms with Crippen molar-refractivity contribution in [2.24, 2.45) is 0 Å². The van der Waals surface area contributed by atoms with Crippen LogP contribution in [-0.2, 0) is 0 Å². The first-order chi connectivity index (χ1) is 22.4. The second-order valence-electron chi connectivity index (χ2n) is 12.1. The molecule has 0 saturated carbocycles. The predicted octanol–water partition coefficient (Wildman–Crippen LogP) is 12.0. The Balaban J connectivity index is 1.30. The van der Waals surface area contributed by atoms with E-state index in [0.29, 0.717) is 0 Å². The number of hydrogen-bond donors (Lipinski definition) is 0. The van der Waals surface area contributed by atoms with Gasteiger partial charge in [-0.1, -0.05) is 115 Å². The quantitative estimate of drug-likeness (QED) is 0.190. The van der Waals surface area contributed by atoms with E-state index in [2.05, 4.69) is 155 Å². The summed E-state index contributed by atoms with van der Waals surface area (Å²) in [5, 5.41) is 10.5. The zero-order chi connectivity index (χ0) is 29.2. The second-order valence-corrected chi connectivity index (χ2v) is 13.1. The molecule has 0 aliphatic carbocycles. The first kappa shape index (κ1) is 23.8. The molecule has 0 N–H and O–H groups in total. The first-order valence-corrected chi connectivity index (χ1v) is 16.3. The Labute approximate surface area is 261 Å². The van der Waals surface area contributed by atoms with Crippen LogP contribution in [0.2, 0.25) is 0 Å². The van der Waals surface area contributed by atoms with Crippen LogP contribution < -0.4 is 0 Å². The fourth-order valence-electron chi connectivity index (χ4n) is 8.06. The monoisotopic (exact) mass is 588 g/mol. The summed E-state index contributed by atoms with van der Waals surface area (Å²) in [7, 11) is 0. The SMILES string of the molecule is c1ccc(-c2cccc3c2sc2c(-n4c5ccccc5c5c6c7cccc8c9ccccc9n(c6ccc54)c87)cccc23)cc1. The van der Waals surface area contributed by atoms with Gasteiger partial charge in [0.25, 0.3) is 0 Å². The Morgan fingerprint density at radius 2 is 1.00 bits per heavy atom. The van der Waals surface area contributed by atoms with Crippen molar-refractivity contribution in [1.82, 2.24) is 8.97 Å². The van der Waals surface area contributed by atoms with Crippen molar-refractivity contribution >= 4 is 91.4 Å². The lowest BCUT2D eigenvalue weighted by atomic mass is 10.0. The van der Waals surface area contributed by atoms with E-state index < -0.39 is 0 Å². The highest BCUT2D eigenvalue weighted by Gasteiger charge is 2.23. The molecule has 4 aromatic heterocycles. The lowest BCUT2D eigenvalue weighted by Crippen LogP contribution is -1.93. The molecule has 0 bridgehead atoms. The molecule has 0 radical (unpaired) electrons. The van der Waals surface area contributed by atoms with E-state index in [4.69, 9.17) is 0 Å². The van der Waals surface area contributed by atoms with E-state index in [0.717, 1.165) is 0 Å². The number of hydrogen-bond acceptors (Lipinski definition) is 1. The third-order valence-electron chi connectivity index (χ3n) is 9.85. The first-order valence-electron chi connectivity index (χ1n) is 15.5. The summed E-state index contributed by atoms with van der Waals surface area (Å²) in [6.07, 6.45) is 0. The Morgan fingerprint density at radius 3 is 1.89 bits per heavy atom. The zero-order valence-corrected chi connectivity index (χ0v) is 25.0. The van der Waals surface area contributed by atoms with E-state index >= 15 is 0 Å². The number of nitrogens with zero attached hydrogens (tertiary/aromatic N) is 2. The fourth-order valence-corrected chi connectivity index (χ4v) is 9.40. The summed E-state index contributed by atoms with van der Waals surface area (Å²) in [6.45, 7) is 0. The van der Waals surface area contributed by atoms with Crippen LogP contribution >= 0.6 is 11.3 Å². The molecule has 0 unspecified atom stereocenters. The third-order valence-corrected chi connectivity index (χ3v) is 11.1. The van der Waals surface area contributed by atoms with E-state index in [1.165, 1.54) is 96.9 Å². The van der Waals surface area contributed by atoms with Gasteiger partial charge in [-0.2, -0.15) is 0 Å². The van der Waals surface area contributed by atoms with Gasteiger partial charge in [-0.15, -0.1) is 11.3 Å². The van der Waals surface area contributed by atoms with Gasteiger partial charge in [-0.3, -0.25) is 0 Å². The molecule has 0 aliphatic heterocycles. The van der Waals surface area contributed by atoms with E-state index in [1.54, 1.807) is 0 Å². The van der Waals surface area contributed by atoms with E-state index in [1.807, 2.05) is 11.3 Å². The molecule has 0 amide bonds. The van der Waals surface area contributed by atoms with Crippen LogP contribution in [0.1, 0.15) is 0 Å². The normalized spacial score (nSPS) is 12.4. The highest BCUT2D eigenvalue weighted by Crippen LogP contribution is 2.47. The second kappa shape index (κ2) is 8.50. The number of thiophene rings is 1. The molecule has 0 saturated heterocycles. The molecule has 0 spiro atoms. The third kappa shape index (κ3) is 2.94. The van der Waals surface area contributed by atoms with Crippen molar-refractivity contribution in [3.63, 3.8) is 0 Å². The molecule has 45 heavy (non-hydrogen) atoms. The number of benzene rings is 7. The van der Waals surface area contributed by atoms with Crippen LogP contribution in [0.4, 0.5) is 0 Å². The minimum Gasteiger partial charge on any atom is -0.308 e. The van der Waals surface area contributed by atoms with Crippen molar-refractivity contribution in [1.29, 1.82) is 0 Å². The van der Waals surface area contributed by atoms with Crippen LogP contribution in [0.15, 0.2) is 146 Å². The molecule has 0 fully saturated rings. The Bertz CT molecular complexity index is 2970. The summed E-state index contributed by atoms with van der Waals surface area (Å²) >= 11 is 1.91. The van der Waals surface area contributed by atoms with Crippen LogP contribution in [0, 0.1) is 0 Å². The zero-order valence-electron chi connectivity index (χ0n) is 24.2. The molecule has 0 aliphatic rings. The molecule has 7 aromatic carbocycles. The topological polar surface area (TPSA) is 9.34 Å². The van der Waals surface area contributed by atoms with Crippen LogP contribution in [0.5, 0.6) is 0 Å². The minimum absolute atomic E-state index is 1.24. The van der Waals surface area contributed by atoms with Crippen molar-refractivity contribution < 1.29 is 0 Å². The van der Waals surface area contributed by atoms with Gasteiger partial charge in [0.05, 0.1) is 38.0 Å². The largest absolute Gasteiger partial charge is 0.308 e. The van der Waals surface area contributed by atoms with Crippen LogP contribution in [0.25, 0.3) is 96.9 Å². The average molecular weight is 589 g/mol. The van der Waals surface area contributed by atoms with Crippen LogP contribution in [0.3, 0.4) is 0 Å². The van der Waals surface area contributed by atoms with Gasteiger partial charge in [0.15, 0.2) is 0 Å². The highest BCUT2D eigenvalue weighted by atomic mass is 32.1. The maximum Gasteiger partial charge on any atom is 0.0640 e. The molecule has 0 atom stereocenters. The summed E-state index contributed by atoms with van der Waals surface area (Å²) in [4.78, 5) is 0. The number of para-hydroxylation sites is 3. The number of rotatable bonds is 2. The van der Waals surface area contributed by atoms with Gasteiger partial charge in [-0.25, -0.2) is 0 Å². The Morgan fingerprint density at radius 1 is 0.378 bits per heavy atom. The Hall–Kier alpha value is -5.64. The summed E-state index contributed by atoms with van der Waals surface area (Å²) in [5.74, 6) is 0. The van der Waals surface area contributed by atoms with Gasteiger partial charge in [0, 0.05) is 47.8 Å². The van der Waals surface area contributed by atoms with Crippen molar-refractivity contribution in [2.75, 3.05) is 0 Å². The number of fused-ring (bicyclic) bond motifs is 13. The van der Waals surface area contributed by atoms with Gasteiger partial charge < -0.3 is 8.97 Å². The predicted molar refractivity (Wildman–Crippen MR) is 194 cm³/mol. The average Bonchev–Trinajstić information content (AvgIpc) is 3.84.